The fraction of sp³-hybridized carbons (Fsp3) is 0.118. The zero-order valence-electron chi connectivity index (χ0n) is 11.7. The van der Waals surface area contributed by atoms with Crippen LogP contribution in [0.4, 0.5) is 0 Å². The number of rotatable bonds is 2. The highest BCUT2D eigenvalue weighted by Crippen LogP contribution is 2.38. The van der Waals surface area contributed by atoms with Crippen molar-refractivity contribution in [2.45, 2.75) is 5.92 Å². The Labute approximate surface area is 130 Å². The second-order valence-electron chi connectivity index (χ2n) is 5.09. The summed E-state index contributed by atoms with van der Waals surface area (Å²) in [6.45, 7) is 0. The highest BCUT2D eigenvalue weighted by molar-refractivity contribution is 7.19. The van der Waals surface area contributed by atoms with Crippen LogP contribution in [0.5, 0.6) is 5.75 Å². The topological polar surface area (TPSA) is 56.3 Å². The molecule has 1 heterocycles. The van der Waals surface area contributed by atoms with Gasteiger partial charge in [0.15, 0.2) is 11.6 Å². The first-order chi connectivity index (χ1) is 10.7. The van der Waals surface area contributed by atoms with Crippen LogP contribution in [0.15, 0.2) is 42.5 Å². The standard InChI is InChI=1S/C17H11NO3S/c1-21-9-6-7-12-13(8-9)22-17(18-12)14-15(19)10-4-2-3-5-11(10)16(14)20/h2-8,14H,1H3. The monoisotopic (exact) mass is 309 g/mol. The van der Waals surface area contributed by atoms with Crippen molar-refractivity contribution in [2.24, 2.45) is 0 Å². The number of ketones is 2. The van der Waals surface area contributed by atoms with Crippen molar-refractivity contribution in [3.8, 4) is 5.75 Å². The number of methoxy groups -OCH3 is 1. The van der Waals surface area contributed by atoms with E-state index in [2.05, 4.69) is 4.98 Å². The molecule has 0 bridgehead atoms. The minimum absolute atomic E-state index is 0.161. The van der Waals surface area contributed by atoms with E-state index < -0.39 is 5.92 Å². The molecule has 108 valence electrons. The lowest BCUT2D eigenvalue weighted by Gasteiger charge is -2.00. The smallest absolute Gasteiger partial charge is 0.181 e. The molecule has 0 radical (unpaired) electrons. The summed E-state index contributed by atoms with van der Waals surface area (Å²) in [6.07, 6.45) is 0. The number of aromatic nitrogens is 1. The molecule has 0 aliphatic heterocycles. The number of Topliss-reactive ketones (excluding diaryl/α,β-unsaturated/α-hetero) is 2. The van der Waals surface area contributed by atoms with Crippen molar-refractivity contribution in [1.29, 1.82) is 0 Å². The molecule has 0 atom stereocenters. The van der Waals surface area contributed by atoms with Crippen molar-refractivity contribution < 1.29 is 14.3 Å². The van der Waals surface area contributed by atoms with Gasteiger partial charge in [-0.2, -0.15) is 0 Å². The van der Waals surface area contributed by atoms with Gasteiger partial charge >= 0.3 is 0 Å². The van der Waals surface area contributed by atoms with E-state index in [1.54, 1.807) is 31.4 Å². The average molecular weight is 309 g/mol. The number of fused-ring (bicyclic) bond motifs is 2. The van der Waals surface area contributed by atoms with Gasteiger partial charge in [0, 0.05) is 11.1 Å². The van der Waals surface area contributed by atoms with E-state index in [1.165, 1.54) is 11.3 Å². The van der Waals surface area contributed by atoms with Crippen molar-refractivity contribution in [2.75, 3.05) is 7.11 Å². The Morgan fingerprint density at radius 1 is 1.05 bits per heavy atom. The van der Waals surface area contributed by atoms with Crippen LogP contribution in [0.3, 0.4) is 0 Å². The van der Waals surface area contributed by atoms with Gasteiger partial charge in [0.2, 0.25) is 0 Å². The van der Waals surface area contributed by atoms with Crippen molar-refractivity contribution in [3.63, 3.8) is 0 Å². The second kappa shape index (κ2) is 4.74. The van der Waals surface area contributed by atoms with Crippen LogP contribution in [0.1, 0.15) is 31.6 Å². The van der Waals surface area contributed by atoms with Crippen molar-refractivity contribution in [3.05, 3.63) is 58.6 Å². The molecule has 4 nitrogen and oxygen atoms in total. The molecule has 22 heavy (non-hydrogen) atoms. The zero-order chi connectivity index (χ0) is 15.3. The summed E-state index contributed by atoms with van der Waals surface area (Å²) in [4.78, 5) is 29.5. The van der Waals surface area contributed by atoms with E-state index in [1.807, 2.05) is 18.2 Å². The van der Waals surface area contributed by atoms with Gasteiger partial charge in [0.1, 0.15) is 16.7 Å². The van der Waals surface area contributed by atoms with Gasteiger partial charge in [-0.15, -0.1) is 11.3 Å². The number of nitrogens with zero attached hydrogens (tertiary/aromatic N) is 1. The minimum atomic E-state index is -0.805. The summed E-state index contributed by atoms with van der Waals surface area (Å²) in [7, 11) is 1.60. The lowest BCUT2D eigenvalue weighted by atomic mass is 10.1. The quantitative estimate of drug-likeness (QED) is 0.680. The van der Waals surface area contributed by atoms with Crippen molar-refractivity contribution in [1.82, 2.24) is 4.98 Å². The SMILES string of the molecule is COc1ccc2nc(C3C(=O)c4ccccc4C3=O)sc2c1. The molecular formula is C17H11NO3S. The molecule has 0 N–H and O–H groups in total. The van der Waals surface area contributed by atoms with Crippen LogP contribution in [-0.2, 0) is 0 Å². The number of carbonyl (C=O) groups excluding carboxylic acids is 2. The molecule has 0 saturated heterocycles. The molecule has 5 heteroatoms. The third-order valence-electron chi connectivity index (χ3n) is 3.84. The van der Waals surface area contributed by atoms with E-state index in [-0.39, 0.29) is 11.6 Å². The van der Waals surface area contributed by atoms with Crippen LogP contribution < -0.4 is 4.74 Å². The number of hydrogen-bond acceptors (Lipinski definition) is 5. The maximum absolute atomic E-state index is 12.5. The molecule has 0 unspecified atom stereocenters. The predicted octanol–water partition coefficient (Wildman–Crippen LogP) is 3.47. The minimum Gasteiger partial charge on any atom is -0.497 e. The first-order valence-electron chi connectivity index (χ1n) is 6.81. The van der Waals surface area contributed by atoms with Gasteiger partial charge < -0.3 is 4.74 Å². The van der Waals surface area contributed by atoms with E-state index in [0.29, 0.717) is 16.1 Å². The fourth-order valence-electron chi connectivity index (χ4n) is 2.74. The van der Waals surface area contributed by atoms with Crippen molar-refractivity contribution >= 4 is 33.1 Å². The normalized spacial score (nSPS) is 14.6. The largest absolute Gasteiger partial charge is 0.497 e. The Morgan fingerprint density at radius 2 is 1.73 bits per heavy atom. The lowest BCUT2D eigenvalue weighted by Crippen LogP contribution is -2.12. The number of carbonyl (C=O) groups is 2. The van der Waals surface area contributed by atoms with Gasteiger partial charge in [-0.1, -0.05) is 24.3 Å². The Morgan fingerprint density at radius 3 is 2.36 bits per heavy atom. The lowest BCUT2D eigenvalue weighted by molar-refractivity contribution is 0.0890. The molecule has 1 aliphatic rings. The van der Waals surface area contributed by atoms with E-state index in [0.717, 1.165) is 16.0 Å². The molecule has 0 fully saturated rings. The Kier molecular flexibility index (Phi) is 2.84. The number of thiazole rings is 1. The van der Waals surface area contributed by atoms with Gasteiger partial charge in [-0.05, 0) is 18.2 Å². The summed E-state index contributed by atoms with van der Waals surface area (Å²) in [5.41, 5.74) is 1.76. The molecule has 0 amide bonds. The van der Waals surface area contributed by atoms with E-state index in [9.17, 15) is 9.59 Å². The molecular weight excluding hydrogens is 298 g/mol. The van der Waals surface area contributed by atoms with Crippen LogP contribution in [0.25, 0.3) is 10.2 Å². The first kappa shape index (κ1) is 13.2. The second-order valence-corrected chi connectivity index (χ2v) is 6.16. The molecule has 0 spiro atoms. The molecule has 1 aliphatic carbocycles. The van der Waals surface area contributed by atoms with Crippen LogP contribution in [0.2, 0.25) is 0 Å². The average Bonchev–Trinajstić information content (AvgIpc) is 3.06. The van der Waals surface area contributed by atoms with Gasteiger partial charge in [-0.3, -0.25) is 9.59 Å². The number of hydrogen-bond donors (Lipinski definition) is 0. The summed E-state index contributed by atoms with van der Waals surface area (Å²) in [6, 6.07) is 12.5. The summed E-state index contributed by atoms with van der Waals surface area (Å²) in [5.74, 6) is -0.394. The molecule has 3 aromatic rings. The van der Waals surface area contributed by atoms with Crippen LogP contribution in [0, 0.1) is 0 Å². The Balaban J connectivity index is 1.83. The molecule has 4 rings (SSSR count). The summed E-state index contributed by atoms with van der Waals surface area (Å²) >= 11 is 1.37. The van der Waals surface area contributed by atoms with Gasteiger partial charge in [0.05, 0.1) is 17.3 Å². The highest BCUT2D eigenvalue weighted by atomic mass is 32.1. The summed E-state index contributed by atoms with van der Waals surface area (Å²) in [5, 5.41) is 0.550. The molecule has 1 aromatic heterocycles. The van der Waals surface area contributed by atoms with Gasteiger partial charge in [-0.25, -0.2) is 4.98 Å². The van der Waals surface area contributed by atoms with Crippen LogP contribution >= 0.6 is 11.3 Å². The summed E-state index contributed by atoms with van der Waals surface area (Å²) < 4.78 is 6.10. The third kappa shape index (κ3) is 1.79. The first-order valence-corrected chi connectivity index (χ1v) is 7.62. The highest BCUT2D eigenvalue weighted by Gasteiger charge is 2.41. The van der Waals surface area contributed by atoms with Gasteiger partial charge in [0.25, 0.3) is 0 Å². The zero-order valence-corrected chi connectivity index (χ0v) is 12.5. The number of ether oxygens (including phenoxy) is 1. The Hall–Kier alpha value is -2.53. The number of benzene rings is 2. The fourth-order valence-corrected chi connectivity index (χ4v) is 3.83. The predicted molar refractivity (Wildman–Crippen MR) is 84.0 cm³/mol. The third-order valence-corrected chi connectivity index (χ3v) is 4.92. The molecule has 0 saturated carbocycles. The maximum atomic E-state index is 12.5. The van der Waals surface area contributed by atoms with E-state index >= 15 is 0 Å². The van der Waals surface area contributed by atoms with E-state index in [4.69, 9.17) is 4.74 Å². The Bertz CT molecular complexity index is 894. The maximum Gasteiger partial charge on any atom is 0.181 e. The molecule has 2 aromatic carbocycles. The van der Waals surface area contributed by atoms with Crippen LogP contribution in [-0.4, -0.2) is 23.7 Å².